The van der Waals surface area contributed by atoms with Gasteiger partial charge in [0.1, 0.15) is 0 Å². The molecule has 22 heavy (non-hydrogen) atoms. The molecule has 0 saturated carbocycles. The van der Waals surface area contributed by atoms with Gasteiger partial charge >= 0.3 is 0 Å². The predicted molar refractivity (Wildman–Crippen MR) is 77.3 cm³/mol. The summed E-state index contributed by atoms with van der Waals surface area (Å²) in [5.41, 5.74) is 0.422. The Kier molecular flexibility index (Phi) is 7.79. The van der Waals surface area contributed by atoms with Gasteiger partial charge in [-0.2, -0.15) is 0 Å². The van der Waals surface area contributed by atoms with Crippen LogP contribution in [0.15, 0.2) is 24.3 Å². The van der Waals surface area contributed by atoms with Crippen LogP contribution < -0.4 is 17.7 Å². The van der Waals surface area contributed by atoms with E-state index >= 15 is 0 Å². The van der Waals surface area contributed by atoms with E-state index < -0.39 is 4.92 Å². The zero-order valence-corrected chi connectivity index (χ0v) is 12.9. The molecule has 1 aliphatic heterocycles. The number of nitro benzene ring substituents is 1. The molecule has 2 rings (SSSR count). The van der Waals surface area contributed by atoms with E-state index in [1.54, 1.807) is 0 Å². The van der Waals surface area contributed by atoms with Crippen LogP contribution in [0.2, 0.25) is 0 Å². The number of amides is 1. The number of rotatable bonds is 6. The number of nitrogens with zero attached hydrogens (tertiary/aromatic N) is 2. The summed E-state index contributed by atoms with van der Waals surface area (Å²) >= 11 is 0. The molecule has 0 unspecified atom stereocenters. The molecule has 122 valence electrons. The van der Waals surface area contributed by atoms with Crippen molar-refractivity contribution in [2.75, 3.05) is 39.4 Å². The first-order chi connectivity index (χ1) is 10.2. The molecule has 1 fully saturated rings. The van der Waals surface area contributed by atoms with E-state index in [1.807, 2.05) is 0 Å². The largest absolute Gasteiger partial charge is 1.00 e. The second kappa shape index (κ2) is 9.34. The Morgan fingerprint density at radius 1 is 1.27 bits per heavy atom. The van der Waals surface area contributed by atoms with Gasteiger partial charge in [-0.3, -0.25) is 19.8 Å². The van der Waals surface area contributed by atoms with Crippen LogP contribution in [-0.4, -0.2) is 55.1 Å². The van der Waals surface area contributed by atoms with Crippen LogP contribution in [-0.2, 0) is 4.74 Å². The highest BCUT2D eigenvalue weighted by Crippen LogP contribution is 2.11. The maximum Gasteiger partial charge on any atom is 0.269 e. The Labute approximate surface area is 135 Å². The molecule has 1 aliphatic rings. The van der Waals surface area contributed by atoms with Gasteiger partial charge in [0.25, 0.3) is 11.6 Å². The van der Waals surface area contributed by atoms with Gasteiger partial charge in [0.2, 0.25) is 0 Å². The van der Waals surface area contributed by atoms with E-state index in [0.29, 0.717) is 12.1 Å². The molecule has 0 bridgehead atoms. The van der Waals surface area contributed by atoms with Gasteiger partial charge in [0, 0.05) is 37.3 Å². The van der Waals surface area contributed by atoms with Crippen molar-refractivity contribution >= 4 is 11.6 Å². The Morgan fingerprint density at radius 3 is 2.50 bits per heavy atom. The summed E-state index contributed by atoms with van der Waals surface area (Å²) < 4.78 is 5.27. The number of hydrogen-bond acceptors (Lipinski definition) is 5. The van der Waals surface area contributed by atoms with Crippen LogP contribution in [0.25, 0.3) is 0 Å². The number of benzene rings is 1. The Hall–Kier alpha value is -1.70. The van der Waals surface area contributed by atoms with Crippen LogP contribution in [0.1, 0.15) is 16.8 Å². The quantitative estimate of drug-likeness (QED) is 0.373. The number of carbonyl (C=O) groups excluding carboxylic acids is 1. The van der Waals surface area contributed by atoms with Gasteiger partial charge in [-0.25, -0.2) is 0 Å². The van der Waals surface area contributed by atoms with Crippen molar-refractivity contribution < 1.29 is 26.9 Å². The molecule has 0 spiro atoms. The van der Waals surface area contributed by atoms with Crippen LogP contribution >= 0.6 is 0 Å². The van der Waals surface area contributed by atoms with Crippen molar-refractivity contribution in [2.24, 2.45) is 0 Å². The summed E-state index contributed by atoms with van der Waals surface area (Å²) in [5.74, 6) is -0.202. The molecular formula is C14H19ClN3O4-. The fourth-order valence-electron chi connectivity index (χ4n) is 2.17. The lowest BCUT2D eigenvalue weighted by Crippen LogP contribution is -3.00. The highest BCUT2D eigenvalue weighted by molar-refractivity contribution is 5.94. The van der Waals surface area contributed by atoms with Crippen molar-refractivity contribution in [1.82, 2.24) is 10.2 Å². The average molecular weight is 329 g/mol. The molecule has 0 radical (unpaired) electrons. The van der Waals surface area contributed by atoms with Crippen molar-refractivity contribution in [3.63, 3.8) is 0 Å². The van der Waals surface area contributed by atoms with Crippen molar-refractivity contribution in [2.45, 2.75) is 6.42 Å². The summed E-state index contributed by atoms with van der Waals surface area (Å²) in [6, 6.07) is 5.61. The monoisotopic (exact) mass is 328 g/mol. The SMILES string of the molecule is O=C(NCCCN1CCOCC1)c1ccc([N+](=O)[O-])cc1.[Cl-]. The van der Waals surface area contributed by atoms with Crippen molar-refractivity contribution in [3.8, 4) is 0 Å². The molecule has 0 aliphatic carbocycles. The van der Waals surface area contributed by atoms with Gasteiger partial charge in [-0.05, 0) is 25.1 Å². The number of nitro groups is 1. The van der Waals surface area contributed by atoms with Gasteiger partial charge in [0.15, 0.2) is 0 Å². The molecule has 1 N–H and O–H groups in total. The molecule has 1 amide bonds. The third-order valence-corrected chi connectivity index (χ3v) is 3.38. The number of halogens is 1. The molecule has 0 atom stereocenters. The molecule has 1 saturated heterocycles. The van der Waals surface area contributed by atoms with Crippen molar-refractivity contribution in [1.29, 1.82) is 0 Å². The number of ether oxygens (including phenoxy) is 1. The standard InChI is InChI=1S/C14H19N3O4.ClH/c18-14(12-2-4-13(5-3-12)17(19)20)15-6-1-7-16-8-10-21-11-9-16;/h2-5H,1,6-11H2,(H,15,18);1H/p-1. The number of nitrogens with one attached hydrogen (secondary N) is 1. The number of carbonyl (C=O) groups is 1. The first kappa shape index (κ1) is 18.3. The Balaban J connectivity index is 0.00000242. The van der Waals surface area contributed by atoms with E-state index in [1.165, 1.54) is 24.3 Å². The minimum atomic E-state index is -0.482. The van der Waals surface area contributed by atoms with Gasteiger partial charge in [-0.1, -0.05) is 0 Å². The number of hydrogen-bond donors (Lipinski definition) is 1. The third-order valence-electron chi connectivity index (χ3n) is 3.38. The van der Waals surface area contributed by atoms with E-state index in [2.05, 4.69) is 10.2 Å². The number of non-ortho nitro benzene ring substituents is 1. The first-order valence-corrected chi connectivity index (χ1v) is 6.99. The van der Waals surface area contributed by atoms with Crippen LogP contribution in [0.4, 0.5) is 5.69 Å². The van der Waals surface area contributed by atoms with Crippen LogP contribution in [0.3, 0.4) is 0 Å². The van der Waals surface area contributed by atoms with E-state index in [4.69, 9.17) is 4.74 Å². The highest BCUT2D eigenvalue weighted by atomic mass is 35.5. The maximum absolute atomic E-state index is 11.9. The minimum absolute atomic E-state index is 0. The average Bonchev–Trinajstić information content (AvgIpc) is 2.52. The first-order valence-electron chi connectivity index (χ1n) is 6.99. The summed E-state index contributed by atoms with van der Waals surface area (Å²) in [5, 5.41) is 13.4. The zero-order valence-electron chi connectivity index (χ0n) is 12.2. The maximum atomic E-state index is 11.9. The fraction of sp³-hybridized carbons (Fsp3) is 0.500. The molecule has 8 heteroatoms. The molecular weight excluding hydrogens is 310 g/mol. The fourth-order valence-corrected chi connectivity index (χ4v) is 2.17. The smallest absolute Gasteiger partial charge is 0.269 e. The van der Waals surface area contributed by atoms with Gasteiger partial charge in [-0.15, -0.1) is 0 Å². The molecule has 1 heterocycles. The second-order valence-electron chi connectivity index (χ2n) is 4.87. The summed E-state index contributed by atoms with van der Waals surface area (Å²) in [6.07, 6.45) is 0.874. The summed E-state index contributed by atoms with van der Waals surface area (Å²) in [7, 11) is 0. The zero-order chi connectivity index (χ0) is 15.1. The van der Waals surface area contributed by atoms with E-state index in [9.17, 15) is 14.9 Å². The number of morpholine rings is 1. The lowest BCUT2D eigenvalue weighted by atomic mass is 10.2. The second-order valence-corrected chi connectivity index (χ2v) is 4.87. The predicted octanol–water partition coefficient (Wildman–Crippen LogP) is -1.95. The lowest BCUT2D eigenvalue weighted by molar-refractivity contribution is -0.384. The topological polar surface area (TPSA) is 84.7 Å². The van der Waals surface area contributed by atoms with Crippen LogP contribution in [0.5, 0.6) is 0 Å². The molecule has 0 aromatic heterocycles. The third kappa shape index (κ3) is 5.59. The summed E-state index contributed by atoms with van der Waals surface area (Å²) in [6.45, 7) is 4.95. The molecule has 1 aromatic rings. The minimum Gasteiger partial charge on any atom is -1.00 e. The Bertz CT molecular complexity index is 489. The van der Waals surface area contributed by atoms with Crippen molar-refractivity contribution in [3.05, 3.63) is 39.9 Å². The lowest BCUT2D eigenvalue weighted by Gasteiger charge is -2.26. The Morgan fingerprint density at radius 2 is 1.91 bits per heavy atom. The normalized spacial score (nSPS) is 14.9. The van der Waals surface area contributed by atoms with Crippen LogP contribution in [0, 0.1) is 10.1 Å². The highest BCUT2D eigenvalue weighted by Gasteiger charge is 2.11. The summed E-state index contributed by atoms with van der Waals surface area (Å²) in [4.78, 5) is 24.2. The van der Waals surface area contributed by atoms with Gasteiger partial charge in [0.05, 0.1) is 18.1 Å². The molecule has 1 aromatic carbocycles. The van der Waals surface area contributed by atoms with E-state index in [-0.39, 0.29) is 24.0 Å². The van der Waals surface area contributed by atoms with Gasteiger partial charge < -0.3 is 22.5 Å². The molecule has 7 nitrogen and oxygen atoms in total. The van der Waals surface area contributed by atoms with E-state index in [0.717, 1.165) is 39.3 Å².